The molecule has 9 heteroatoms. The second-order valence-corrected chi connectivity index (χ2v) is 8.80. The van der Waals surface area contributed by atoms with Gasteiger partial charge in [0.1, 0.15) is 24.4 Å². The monoisotopic (exact) mass is 482 g/mol. The number of rotatable bonds is 22. The molecule has 0 aliphatic carbocycles. The molecule has 0 fully saturated rings. The van der Waals surface area contributed by atoms with Crippen molar-refractivity contribution in [3.8, 4) is 0 Å². The van der Waals surface area contributed by atoms with Crippen LogP contribution in [-0.2, 0) is 9.53 Å². The molecule has 0 saturated carbocycles. The maximum Gasteiger partial charge on any atom is 0.308 e. The molecule has 0 spiro atoms. The maximum absolute atomic E-state index is 11.7. The Morgan fingerprint density at radius 2 is 1.03 bits per heavy atom. The van der Waals surface area contributed by atoms with Crippen molar-refractivity contribution in [1.29, 1.82) is 0 Å². The van der Waals surface area contributed by atoms with Gasteiger partial charge < -0.3 is 40.9 Å². The lowest BCUT2D eigenvalue weighted by molar-refractivity contribution is -0.213. The van der Waals surface area contributed by atoms with Crippen molar-refractivity contribution in [1.82, 2.24) is 0 Å². The van der Waals surface area contributed by atoms with Crippen LogP contribution in [-0.4, -0.2) is 79.4 Å². The largest absolute Gasteiger partial charge is 0.433 e. The molecule has 0 aromatic rings. The average Bonchev–Trinajstić information content (AvgIpc) is 2.79. The fourth-order valence-corrected chi connectivity index (χ4v) is 3.61. The van der Waals surface area contributed by atoms with Gasteiger partial charge in [-0.05, 0) is 6.42 Å². The van der Waals surface area contributed by atoms with Gasteiger partial charge in [0.15, 0.2) is 0 Å². The minimum absolute atomic E-state index is 0. The van der Waals surface area contributed by atoms with E-state index < -0.39 is 43.3 Å². The number of hydrogen-bond acceptors (Lipinski definition) is 8. The topological polar surface area (TPSA) is 179 Å². The summed E-state index contributed by atoms with van der Waals surface area (Å²) >= 11 is 0. The standard InChI is InChI=1S/C24H48O8.H2O/c1-2-3-4-5-6-7-8-9-10-11-12-13-14-15-16-17-20(27)32-24(31)23(30)22(29)21(28)19(26)18-25;/h19,21-26,28-31H,2-18H2,1H3;1H2/t19-,21-,22+,23-,24?;/m1./s1. The summed E-state index contributed by atoms with van der Waals surface area (Å²) in [5.41, 5.74) is 0. The van der Waals surface area contributed by atoms with E-state index in [-0.39, 0.29) is 11.9 Å². The lowest BCUT2D eigenvalue weighted by atomic mass is 10.0. The quantitative estimate of drug-likeness (QED) is 0.0766. The maximum atomic E-state index is 11.7. The molecule has 0 radical (unpaired) electrons. The van der Waals surface area contributed by atoms with Crippen LogP contribution in [0, 0.1) is 0 Å². The first-order valence-corrected chi connectivity index (χ1v) is 12.6. The molecule has 0 rings (SSSR count). The van der Waals surface area contributed by atoms with E-state index in [0.29, 0.717) is 6.42 Å². The first-order chi connectivity index (χ1) is 15.3. The number of esters is 1. The molecule has 8 N–H and O–H groups in total. The first kappa shape index (κ1) is 34.4. The Labute approximate surface area is 199 Å². The third-order valence-electron chi connectivity index (χ3n) is 5.81. The van der Waals surface area contributed by atoms with Gasteiger partial charge in [-0.2, -0.15) is 0 Å². The third kappa shape index (κ3) is 18.2. The first-order valence-electron chi connectivity index (χ1n) is 12.6. The Balaban J connectivity index is 0. The molecule has 0 saturated heterocycles. The number of hydrogen-bond donors (Lipinski definition) is 6. The summed E-state index contributed by atoms with van der Waals surface area (Å²) < 4.78 is 4.67. The number of unbranched alkanes of at least 4 members (excludes halogenated alkanes) is 14. The van der Waals surface area contributed by atoms with Crippen molar-refractivity contribution in [3.63, 3.8) is 0 Å². The number of carbonyl (C=O) groups is 1. The van der Waals surface area contributed by atoms with Crippen molar-refractivity contribution in [2.45, 2.75) is 140 Å². The SMILES string of the molecule is CCCCCCCCCCCCCCCCCC(=O)OC(O)[C@H](O)[C@@H](O)[C@H](O)[C@H](O)CO.O. The van der Waals surface area contributed by atoms with Crippen LogP contribution < -0.4 is 0 Å². The number of aliphatic hydroxyl groups is 6. The van der Waals surface area contributed by atoms with Crippen LogP contribution in [0.4, 0.5) is 0 Å². The zero-order chi connectivity index (χ0) is 24.2. The minimum Gasteiger partial charge on any atom is -0.433 e. The average molecular weight is 483 g/mol. The molecular formula is C24H50O9. The highest BCUT2D eigenvalue weighted by molar-refractivity contribution is 5.69. The van der Waals surface area contributed by atoms with Crippen LogP contribution in [0.2, 0.25) is 0 Å². The van der Waals surface area contributed by atoms with Crippen LogP contribution in [0.25, 0.3) is 0 Å². The molecule has 0 aliphatic heterocycles. The lowest BCUT2D eigenvalue weighted by Crippen LogP contribution is -2.50. The Hall–Kier alpha value is -0.810. The Kier molecular flexibility index (Phi) is 23.9. The Bertz CT molecular complexity index is 436. The van der Waals surface area contributed by atoms with Gasteiger partial charge >= 0.3 is 5.97 Å². The highest BCUT2D eigenvalue weighted by Crippen LogP contribution is 2.15. The van der Waals surface area contributed by atoms with Crippen LogP contribution >= 0.6 is 0 Å². The van der Waals surface area contributed by atoms with Gasteiger partial charge in [-0.15, -0.1) is 0 Å². The van der Waals surface area contributed by atoms with E-state index in [1.165, 1.54) is 70.6 Å². The normalized spacial score (nSPS) is 15.8. The highest BCUT2D eigenvalue weighted by atomic mass is 16.6. The van der Waals surface area contributed by atoms with Crippen LogP contribution in [0.3, 0.4) is 0 Å². The van der Waals surface area contributed by atoms with Gasteiger partial charge in [-0.3, -0.25) is 4.79 Å². The molecule has 0 aliphatic rings. The smallest absolute Gasteiger partial charge is 0.308 e. The van der Waals surface area contributed by atoms with E-state index in [1.807, 2.05) is 0 Å². The van der Waals surface area contributed by atoms with Gasteiger partial charge in [0, 0.05) is 6.42 Å². The fraction of sp³-hybridized carbons (Fsp3) is 0.958. The summed E-state index contributed by atoms with van der Waals surface area (Å²) in [4.78, 5) is 11.7. The summed E-state index contributed by atoms with van der Waals surface area (Å²) in [7, 11) is 0. The molecule has 0 heterocycles. The van der Waals surface area contributed by atoms with Crippen molar-refractivity contribution in [2.24, 2.45) is 0 Å². The predicted molar refractivity (Wildman–Crippen MR) is 126 cm³/mol. The molecule has 0 aromatic carbocycles. The van der Waals surface area contributed by atoms with Crippen molar-refractivity contribution >= 4 is 5.97 Å². The zero-order valence-corrected chi connectivity index (χ0v) is 20.4. The fourth-order valence-electron chi connectivity index (χ4n) is 3.61. The summed E-state index contributed by atoms with van der Waals surface area (Å²) in [6, 6.07) is 0. The summed E-state index contributed by atoms with van der Waals surface area (Å²) in [6.45, 7) is 1.41. The van der Waals surface area contributed by atoms with Gasteiger partial charge in [0.2, 0.25) is 6.29 Å². The molecule has 1 unspecified atom stereocenters. The number of carbonyl (C=O) groups excluding carboxylic acids is 1. The molecule has 200 valence electrons. The minimum atomic E-state index is -2.03. The van der Waals surface area contributed by atoms with Crippen LogP contribution in [0.15, 0.2) is 0 Å². The van der Waals surface area contributed by atoms with Crippen LogP contribution in [0.5, 0.6) is 0 Å². The second-order valence-electron chi connectivity index (χ2n) is 8.80. The molecular weight excluding hydrogens is 432 g/mol. The van der Waals surface area contributed by atoms with E-state index in [2.05, 4.69) is 11.7 Å². The van der Waals surface area contributed by atoms with Gasteiger partial charge in [0.25, 0.3) is 0 Å². The summed E-state index contributed by atoms with van der Waals surface area (Å²) in [5.74, 6) is -0.712. The van der Waals surface area contributed by atoms with E-state index in [4.69, 9.17) is 5.11 Å². The Morgan fingerprint density at radius 3 is 1.42 bits per heavy atom. The number of ether oxygens (including phenoxy) is 1. The molecule has 5 atom stereocenters. The van der Waals surface area contributed by atoms with Crippen molar-refractivity contribution < 1.29 is 45.6 Å². The summed E-state index contributed by atoms with van der Waals surface area (Å²) in [5, 5.41) is 56.6. The van der Waals surface area contributed by atoms with Gasteiger partial charge in [-0.1, -0.05) is 96.8 Å². The van der Waals surface area contributed by atoms with Crippen LogP contribution in [0.1, 0.15) is 110 Å². The Morgan fingerprint density at radius 1 is 0.636 bits per heavy atom. The van der Waals surface area contributed by atoms with Gasteiger partial charge in [0.05, 0.1) is 6.61 Å². The van der Waals surface area contributed by atoms with Gasteiger partial charge in [-0.25, -0.2) is 0 Å². The van der Waals surface area contributed by atoms with E-state index in [0.717, 1.165) is 19.3 Å². The summed E-state index contributed by atoms with van der Waals surface area (Å²) in [6.07, 6.45) is 8.65. The molecule has 0 amide bonds. The zero-order valence-electron chi connectivity index (χ0n) is 20.4. The predicted octanol–water partition coefficient (Wildman–Crippen LogP) is 1.72. The lowest BCUT2D eigenvalue weighted by Gasteiger charge is -2.28. The highest BCUT2D eigenvalue weighted by Gasteiger charge is 2.35. The molecule has 0 aromatic heterocycles. The van der Waals surface area contributed by atoms with Crippen molar-refractivity contribution in [3.05, 3.63) is 0 Å². The van der Waals surface area contributed by atoms with E-state index in [1.54, 1.807) is 0 Å². The second kappa shape index (κ2) is 23.0. The molecule has 9 nitrogen and oxygen atoms in total. The van der Waals surface area contributed by atoms with Crippen molar-refractivity contribution in [2.75, 3.05) is 6.61 Å². The van der Waals surface area contributed by atoms with E-state index >= 15 is 0 Å². The molecule has 33 heavy (non-hydrogen) atoms. The van der Waals surface area contributed by atoms with E-state index in [9.17, 15) is 30.3 Å². The third-order valence-corrected chi connectivity index (χ3v) is 5.81. The number of aliphatic hydroxyl groups excluding tert-OH is 6. The molecule has 0 bridgehead atoms.